The molecular formula is C15H14FNO4. The van der Waals surface area contributed by atoms with Crippen molar-refractivity contribution in [3.05, 3.63) is 63.5 Å². The first kappa shape index (κ1) is 14.9. The van der Waals surface area contributed by atoms with E-state index in [1.807, 2.05) is 0 Å². The molecule has 0 saturated heterocycles. The minimum Gasteiger partial charge on any atom is -0.447 e. The molecule has 0 unspecified atom stereocenters. The summed E-state index contributed by atoms with van der Waals surface area (Å²) in [5.74, 6) is -0.961. The van der Waals surface area contributed by atoms with Crippen LogP contribution in [0.2, 0.25) is 0 Å². The van der Waals surface area contributed by atoms with Gasteiger partial charge in [-0.05, 0) is 26.0 Å². The number of aryl methyl sites for hydroxylation is 1. The smallest absolute Gasteiger partial charge is 0.314 e. The number of hydrogen-bond donors (Lipinski definition) is 1. The summed E-state index contributed by atoms with van der Waals surface area (Å²) in [6, 6.07) is 8.66. The van der Waals surface area contributed by atoms with E-state index in [1.54, 1.807) is 19.1 Å². The standard InChI is InChI=1S/C15H14FNO4/c1-9-5-3-8-13(14(9)17(19)20)21-15-11(10(2)18)6-4-7-12(15)16/h3-8,10,18H,1-2H3/t10-/m1/s1. The Balaban J connectivity index is 2.54. The molecule has 110 valence electrons. The number of benzene rings is 2. The Labute approximate surface area is 120 Å². The number of ether oxygens (including phenoxy) is 1. The zero-order chi connectivity index (χ0) is 15.6. The lowest BCUT2D eigenvalue weighted by molar-refractivity contribution is -0.386. The minimum atomic E-state index is -0.959. The molecule has 0 aromatic heterocycles. The Hall–Kier alpha value is -2.47. The molecule has 0 bridgehead atoms. The highest BCUT2D eigenvalue weighted by atomic mass is 19.1. The molecule has 0 aliphatic carbocycles. The molecule has 0 heterocycles. The van der Waals surface area contributed by atoms with Crippen molar-refractivity contribution in [1.29, 1.82) is 0 Å². The van der Waals surface area contributed by atoms with Crippen molar-refractivity contribution in [1.82, 2.24) is 0 Å². The summed E-state index contributed by atoms with van der Waals surface area (Å²) in [7, 11) is 0. The third-order valence-corrected chi connectivity index (χ3v) is 3.04. The minimum absolute atomic E-state index is 0.0630. The molecule has 2 aromatic carbocycles. The summed E-state index contributed by atoms with van der Waals surface area (Å²) in [6.45, 7) is 3.04. The molecule has 0 fully saturated rings. The maximum absolute atomic E-state index is 13.9. The van der Waals surface area contributed by atoms with Crippen LogP contribution < -0.4 is 4.74 Å². The van der Waals surface area contributed by atoms with Crippen molar-refractivity contribution in [2.45, 2.75) is 20.0 Å². The van der Waals surface area contributed by atoms with Gasteiger partial charge in [-0.15, -0.1) is 0 Å². The van der Waals surface area contributed by atoms with Crippen LogP contribution in [-0.2, 0) is 0 Å². The van der Waals surface area contributed by atoms with Crippen LogP contribution >= 0.6 is 0 Å². The number of aliphatic hydroxyl groups excluding tert-OH is 1. The maximum atomic E-state index is 13.9. The third-order valence-electron chi connectivity index (χ3n) is 3.04. The van der Waals surface area contributed by atoms with Crippen molar-refractivity contribution < 1.29 is 19.2 Å². The second-order valence-corrected chi connectivity index (χ2v) is 4.61. The van der Waals surface area contributed by atoms with Crippen molar-refractivity contribution >= 4 is 5.69 Å². The van der Waals surface area contributed by atoms with Crippen LogP contribution in [0.1, 0.15) is 24.2 Å². The topological polar surface area (TPSA) is 72.6 Å². The Kier molecular flexibility index (Phi) is 4.18. The molecule has 1 N–H and O–H groups in total. The fourth-order valence-electron chi connectivity index (χ4n) is 2.02. The molecule has 2 rings (SSSR count). The molecule has 5 nitrogen and oxygen atoms in total. The normalized spacial score (nSPS) is 12.0. The summed E-state index contributed by atoms with van der Waals surface area (Å²) in [6.07, 6.45) is -0.959. The van der Waals surface area contributed by atoms with Gasteiger partial charge < -0.3 is 9.84 Å². The predicted molar refractivity (Wildman–Crippen MR) is 74.9 cm³/mol. The second-order valence-electron chi connectivity index (χ2n) is 4.61. The molecule has 21 heavy (non-hydrogen) atoms. The Morgan fingerprint density at radius 2 is 1.95 bits per heavy atom. The van der Waals surface area contributed by atoms with Crippen LogP contribution in [0.25, 0.3) is 0 Å². The number of rotatable bonds is 4. The number of nitrogens with zero attached hydrogens (tertiary/aromatic N) is 1. The Morgan fingerprint density at radius 3 is 2.57 bits per heavy atom. The van der Waals surface area contributed by atoms with Crippen molar-refractivity contribution in [2.24, 2.45) is 0 Å². The average molecular weight is 291 g/mol. The van der Waals surface area contributed by atoms with E-state index in [-0.39, 0.29) is 22.7 Å². The van der Waals surface area contributed by atoms with Crippen molar-refractivity contribution in [2.75, 3.05) is 0 Å². The highest BCUT2D eigenvalue weighted by Gasteiger charge is 2.22. The fourth-order valence-corrected chi connectivity index (χ4v) is 2.02. The van der Waals surface area contributed by atoms with Gasteiger partial charge in [0.1, 0.15) is 0 Å². The number of halogens is 1. The Morgan fingerprint density at radius 1 is 1.29 bits per heavy atom. The first-order valence-electron chi connectivity index (χ1n) is 6.30. The molecule has 1 atom stereocenters. The maximum Gasteiger partial charge on any atom is 0.314 e. The van der Waals surface area contributed by atoms with Crippen LogP contribution in [0, 0.1) is 22.9 Å². The highest BCUT2D eigenvalue weighted by molar-refractivity contribution is 5.54. The molecule has 0 aliphatic heterocycles. The van der Waals surface area contributed by atoms with Gasteiger partial charge in [0.05, 0.1) is 11.0 Å². The Bertz CT molecular complexity index is 685. The molecule has 0 saturated carbocycles. The number of nitro benzene ring substituents is 1. The van der Waals surface area contributed by atoms with Gasteiger partial charge >= 0.3 is 5.69 Å². The average Bonchev–Trinajstić information content (AvgIpc) is 2.40. The lowest BCUT2D eigenvalue weighted by atomic mass is 10.1. The van der Waals surface area contributed by atoms with E-state index in [2.05, 4.69) is 0 Å². The molecule has 6 heteroatoms. The monoisotopic (exact) mass is 291 g/mol. The second kappa shape index (κ2) is 5.88. The van der Waals surface area contributed by atoms with Gasteiger partial charge in [0.2, 0.25) is 5.75 Å². The molecule has 0 aliphatic rings. The van der Waals surface area contributed by atoms with E-state index in [0.717, 1.165) is 0 Å². The summed E-state index contributed by atoms with van der Waals surface area (Å²) in [5.41, 5.74) is 0.413. The van der Waals surface area contributed by atoms with E-state index >= 15 is 0 Å². The summed E-state index contributed by atoms with van der Waals surface area (Å²) in [5, 5.41) is 20.8. The van der Waals surface area contributed by atoms with Crippen LogP contribution in [0.4, 0.5) is 10.1 Å². The largest absolute Gasteiger partial charge is 0.447 e. The van der Waals surface area contributed by atoms with Gasteiger partial charge in [-0.1, -0.05) is 24.3 Å². The summed E-state index contributed by atoms with van der Waals surface area (Å²) in [4.78, 5) is 10.5. The molecule has 0 spiro atoms. The van der Waals surface area contributed by atoms with Crippen LogP contribution in [-0.4, -0.2) is 10.0 Å². The van der Waals surface area contributed by atoms with Gasteiger partial charge in [0.15, 0.2) is 11.6 Å². The van der Waals surface area contributed by atoms with Gasteiger partial charge in [-0.3, -0.25) is 10.1 Å². The summed E-state index contributed by atoms with van der Waals surface area (Å²) < 4.78 is 19.3. The molecule has 2 aromatic rings. The summed E-state index contributed by atoms with van der Waals surface area (Å²) >= 11 is 0. The number of para-hydroxylation sites is 2. The lowest BCUT2D eigenvalue weighted by Gasteiger charge is -2.14. The van der Waals surface area contributed by atoms with Crippen LogP contribution in [0.3, 0.4) is 0 Å². The van der Waals surface area contributed by atoms with Crippen LogP contribution in [0.5, 0.6) is 11.5 Å². The SMILES string of the molecule is Cc1cccc(Oc2c(F)cccc2[C@@H](C)O)c1[N+](=O)[O-]. The first-order valence-corrected chi connectivity index (χ1v) is 6.30. The fraction of sp³-hybridized carbons (Fsp3) is 0.200. The number of aliphatic hydroxyl groups is 1. The molecule has 0 amide bonds. The van der Waals surface area contributed by atoms with Gasteiger partial charge in [0.25, 0.3) is 0 Å². The lowest BCUT2D eigenvalue weighted by Crippen LogP contribution is -2.01. The van der Waals surface area contributed by atoms with Crippen molar-refractivity contribution in [3.8, 4) is 11.5 Å². The zero-order valence-corrected chi connectivity index (χ0v) is 11.5. The van der Waals surface area contributed by atoms with E-state index in [0.29, 0.717) is 5.56 Å². The third kappa shape index (κ3) is 3.00. The van der Waals surface area contributed by atoms with Crippen LogP contribution in [0.15, 0.2) is 36.4 Å². The first-order chi connectivity index (χ1) is 9.91. The van der Waals surface area contributed by atoms with Gasteiger partial charge in [0, 0.05) is 11.1 Å². The quantitative estimate of drug-likeness (QED) is 0.685. The van der Waals surface area contributed by atoms with Gasteiger partial charge in [-0.2, -0.15) is 0 Å². The van der Waals surface area contributed by atoms with Gasteiger partial charge in [-0.25, -0.2) is 4.39 Å². The number of hydrogen-bond acceptors (Lipinski definition) is 4. The van der Waals surface area contributed by atoms with E-state index in [4.69, 9.17) is 4.74 Å². The van der Waals surface area contributed by atoms with Crippen molar-refractivity contribution in [3.63, 3.8) is 0 Å². The highest BCUT2D eigenvalue weighted by Crippen LogP contribution is 2.37. The molecular weight excluding hydrogens is 277 g/mol. The number of nitro groups is 1. The molecule has 0 radical (unpaired) electrons. The zero-order valence-electron chi connectivity index (χ0n) is 11.5. The predicted octanol–water partition coefficient (Wildman–Crippen LogP) is 3.89. The van der Waals surface area contributed by atoms with E-state index in [9.17, 15) is 19.6 Å². The van der Waals surface area contributed by atoms with E-state index < -0.39 is 16.8 Å². The van der Waals surface area contributed by atoms with E-state index in [1.165, 1.54) is 31.2 Å².